The zero-order valence-electron chi connectivity index (χ0n) is 9.31. The van der Waals surface area contributed by atoms with Crippen molar-refractivity contribution in [2.24, 2.45) is 0 Å². The molecule has 0 saturated heterocycles. The quantitative estimate of drug-likeness (QED) is 0.754. The third-order valence-electron chi connectivity index (χ3n) is 2.47. The Labute approximate surface area is 105 Å². The van der Waals surface area contributed by atoms with Gasteiger partial charge in [-0.3, -0.25) is 0 Å². The topological polar surface area (TPSA) is 26.3 Å². The molecular formula is C14H11ClO2. The third-order valence-corrected chi connectivity index (χ3v) is 2.80. The highest BCUT2D eigenvalue weighted by Gasteiger charge is 2.08. The number of hydrogen-bond donors (Lipinski definition) is 0. The molecule has 0 aliphatic carbocycles. The van der Waals surface area contributed by atoms with Crippen LogP contribution in [0.3, 0.4) is 0 Å². The van der Waals surface area contributed by atoms with Crippen molar-refractivity contribution in [2.45, 2.75) is 0 Å². The standard InChI is InChI=1S/C14H11ClO2/c1-17-14(16)11-6-4-5-10(9-11)12-7-2-3-8-13(12)15/h2-9H,1H3. The summed E-state index contributed by atoms with van der Waals surface area (Å²) in [7, 11) is 1.37. The fourth-order valence-corrected chi connectivity index (χ4v) is 1.87. The van der Waals surface area contributed by atoms with Crippen molar-refractivity contribution >= 4 is 17.6 Å². The zero-order chi connectivity index (χ0) is 12.3. The molecule has 0 aliphatic heterocycles. The van der Waals surface area contributed by atoms with Gasteiger partial charge in [0, 0.05) is 10.6 Å². The second-order valence-electron chi connectivity index (χ2n) is 3.55. The van der Waals surface area contributed by atoms with Crippen LogP contribution in [0.4, 0.5) is 0 Å². The summed E-state index contributed by atoms with van der Waals surface area (Å²) in [6.45, 7) is 0. The van der Waals surface area contributed by atoms with Crippen molar-refractivity contribution < 1.29 is 9.53 Å². The lowest BCUT2D eigenvalue weighted by atomic mass is 10.0. The van der Waals surface area contributed by atoms with Gasteiger partial charge >= 0.3 is 5.97 Å². The van der Waals surface area contributed by atoms with E-state index in [1.807, 2.05) is 36.4 Å². The molecule has 3 heteroatoms. The monoisotopic (exact) mass is 246 g/mol. The fourth-order valence-electron chi connectivity index (χ4n) is 1.63. The van der Waals surface area contributed by atoms with Crippen LogP contribution in [-0.4, -0.2) is 13.1 Å². The molecule has 0 aromatic heterocycles. The Morgan fingerprint density at radius 2 is 1.88 bits per heavy atom. The average molecular weight is 247 g/mol. The fraction of sp³-hybridized carbons (Fsp3) is 0.0714. The van der Waals surface area contributed by atoms with Gasteiger partial charge in [-0.25, -0.2) is 4.79 Å². The molecule has 0 fully saturated rings. The number of carbonyl (C=O) groups excluding carboxylic acids is 1. The molecule has 2 aromatic rings. The van der Waals surface area contributed by atoms with Gasteiger partial charge in [0.25, 0.3) is 0 Å². The predicted molar refractivity (Wildman–Crippen MR) is 68.2 cm³/mol. The average Bonchev–Trinajstić information content (AvgIpc) is 2.38. The lowest BCUT2D eigenvalue weighted by Crippen LogP contribution is -2.00. The second-order valence-corrected chi connectivity index (χ2v) is 3.96. The Bertz CT molecular complexity index is 549. The highest BCUT2D eigenvalue weighted by molar-refractivity contribution is 6.33. The molecular weight excluding hydrogens is 236 g/mol. The predicted octanol–water partition coefficient (Wildman–Crippen LogP) is 3.79. The molecule has 0 bridgehead atoms. The van der Waals surface area contributed by atoms with Crippen molar-refractivity contribution in [1.82, 2.24) is 0 Å². The van der Waals surface area contributed by atoms with Crippen molar-refractivity contribution in [1.29, 1.82) is 0 Å². The molecule has 0 N–H and O–H groups in total. The number of ether oxygens (including phenoxy) is 1. The van der Waals surface area contributed by atoms with Crippen LogP contribution in [0.15, 0.2) is 48.5 Å². The number of esters is 1. The summed E-state index contributed by atoms with van der Waals surface area (Å²) in [5.74, 6) is -0.348. The maximum absolute atomic E-state index is 11.4. The molecule has 0 spiro atoms. The number of carbonyl (C=O) groups is 1. The van der Waals surface area contributed by atoms with Gasteiger partial charge in [0.1, 0.15) is 0 Å². The molecule has 0 radical (unpaired) electrons. The van der Waals surface area contributed by atoms with Crippen LogP contribution < -0.4 is 0 Å². The lowest BCUT2D eigenvalue weighted by molar-refractivity contribution is 0.0601. The van der Waals surface area contributed by atoms with Gasteiger partial charge in [-0.05, 0) is 23.8 Å². The van der Waals surface area contributed by atoms with Crippen LogP contribution in [0.5, 0.6) is 0 Å². The van der Waals surface area contributed by atoms with Crippen molar-refractivity contribution in [3.8, 4) is 11.1 Å². The van der Waals surface area contributed by atoms with Gasteiger partial charge in [0.15, 0.2) is 0 Å². The van der Waals surface area contributed by atoms with E-state index in [-0.39, 0.29) is 5.97 Å². The number of hydrogen-bond acceptors (Lipinski definition) is 2. The summed E-state index contributed by atoms with van der Waals surface area (Å²) in [5, 5.41) is 0.662. The molecule has 17 heavy (non-hydrogen) atoms. The highest BCUT2D eigenvalue weighted by atomic mass is 35.5. The van der Waals surface area contributed by atoms with Crippen LogP contribution in [0, 0.1) is 0 Å². The Morgan fingerprint density at radius 1 is 1.12 bits per heavy atom. The summed E-state index contributed by atoms with van der Waals surface area (Å²) >= 11 is 6.11. The first-order chi connectivity index (χ1) is 8.22. The first-order valence-corrected chi connectivity index (χ1v) is 5.53. The molecule has 2 rings (SSSR count). The maximum atomic E-state index is 11.4. The normalized spacial score (nSPS) is 10.0. The minimum atomic E-state index is -0.348. The first kappa shape index (κ1) is 11.7. The minimum absolute atomic E-state index is 0.348. The van der Waals surface area contributed by atoms with Crippen molar-refractivity contribution in [2.75, 3.05) is 7.11 Å². The Balaban J connectivity index is 2.47. The van der Waals surface area contributed by atoms with E-state index in [0.717, 1.165) is 11.1 Å². The van der Waals surface area contributed by atoms with Crippen LogP contribution in [0.25, 0.3) is 11.1 Å². The Kier molecular flexibility index (Phi) is 3.45. The molecule has 86 valence electrons. The van der Waals surface area contributed by atoms with Gasteiger partial charge in [-0.2, -0.15) is 0 Å². The SMILES string of the molecule is COC(=O)c1cccc(-c2ccccc2Cl)c1. The molecule has 2 nitrogen and oxygen atoms in total. The molecule has 0 saturated carbocycles. The Morgan fingerprint density at radius 3 is 2.59 bits per heavy atom. The summed E-state index contributed by atoms with van der Waals surface area (Å²) < 4.78 is 4.69. The summed E-state index contributed by atoms with van der Waals surface area (Å²) in [6, 6.07) is 14.7. The largest absolute Gasteiger partial charge is 0.465 e. The second kappa shape index (κ2) is 5.02. The molecule has 2 aromatic carbocycles. The van der Waals surface area contributed by atoms with E-state index >= 15 is 0 Å². The number of methoxy groups -OCH3 is 1. The zero-order valence-corrected chi connectivity index (χ0v) is 10.1. The van der Waals surface area contributed by atoms with E-state index in [9.17, 15) is 4.79 Å². The van der Waals surface area contributed by atoms with Gasteiger partial charge in [-0.15, -0.1) is 0 Å². The lowest BCUT2D eigenvalue weighted by Gasteiger charge is -2.06. The molecule has 0 heterocycles. The van der Waals surface area contributed by atoms with Gasteiger partial charge in [-0.1, -0.05) is 41.9 Å². The van der Waals surface area contributed by atoms with Crippen LogP contribution in [-0.2, 0) is 4.74 Å². The maximum Gasteiger partial charge on any atom is 0.337 e. The van der Waals surface area contributed by atoms with E-state index in [2.05, 4.69) is 4.74 Å². The first-order valence-electron chi connectivity index (χ1n) is 5.15. The van der Waals surface area contributed by atoms with Gasteiger partial charge in [0.2, 0.25) is 0 Å². The van der Waals surface area contributed by atoms with E-state index in [4.69, 9.17) is 11.6 Å². The molecule has 0 atom stereocenters. The molecule has 0 unspecified atom stereocenters. The van der Waals surface area contributed by atoms with Gasteiger partial charge < -0.3 is 4.74 Å². The van der Waals surface area contributed by atoms with E-state index in [0.29, 0.717) is 10.6 Å². The van der Waals surface area contributed by atoms with E-state index in [1.54, 1.807) is 12.1 Å². The number of halogens is 1. The summed E-state index contributed by atoms with van der Waals surface area (Å²) in [6.07, 6.45) is 0. The van der Waals surface area contributed by atoms with Crippen LogP contribution in [0.2, 0.25) is 5.02 Å². The third kappa shape index (κ3) is 2.48. The van der Waals surface area contributed by atoms with E-state index < -0.39 is 0 Å². The minimum Gasteiger partial charge on any atom is -0.465 e. The number of rotatable bonds is 2. The van der Waals surface area contributed by atoms with E-state index in [1.165, 1.54) is 7.11 Å². The Hall–Kier alpha value is -1.80. The van der Waals surface area contributed by atoms with Crippen molar-refractivity contribution in [3.63, 3.8) is 0 Å². The summed E-state index contributed by atoms with van der Waals surface area (Å²) in [5.41, 5.74) is 2.32. The highest BCUT2D eigenvalue weighted by Crippen LogP contribution is 2.28. The molecule has 0 amide bonds. The van der Waals surface area contributed by atoms with Crippen LogP contribution in [0.1, 0.15) is 10.4 Å². The smallest absolute Gasteiger partial charge is 0.337 e. The molecule has 0 aliphatic rings. The summed E-state index contributed by atoms with van der Waals surface area (Å²) in [4.78, 5) is 11.4. The van der Waals surface area contributed by atoms with Crippen molar-refractivity contribution in [3.05, 3.63) is 59.1 Å². The van der Waals surface area contributed by atoms with Crippen LogP contribution >= 0.6 is 11.6 Å². The number of benzene rings is 2. The van der Waals surface area contributed by atoms with Gasteiger partial charge in [0.05, 0.1) is 12.7 Å².